The van der Waals surface area contributed by atoms with E-state index in [1.165, 1.54) is 54.6 Å². The fourth-order valence-corrected chi connectivity index (χ4v) is 6.59. The van der Waals surface area contributed by atoms with Crippen LogP contribution < -0.4 is 17.3 Å². The molecule has 43 heavy (non-hydrogen) atoms. The van der Waals surface area contributed by atoms with Crippen molar-refractivity contribution in [1.82, 2.24) is 0 Å². The van der Waals surface area contributed by atoms with Gasteiger partial charge in [0.25, 0.3) is 0 Å². The summed E-state index contributed by atoms with van der Waals surface area (Å²) >= 11 is 12.3. The van der Waals surface area contributed by atoms with Crippen LogP contribution in [0.2, 0.25) is 10.0 Å². The van der Waals surface area contributed by atoms with Crippen LogP contribution in [0.15, 0.2) is 97.1 Å². The first-order valence-corrected chi connectivity index (χ1v) is 22.9. The van der Waals surface area contributed by atoms with E-state index in [4.69, 9.17) is 42.6 Å². The molecule has 0 spiro atoms. The summed E-state index contributed by atoms with van der Waals surface area (Å²) in [6.45, 7) is 0. The minimum absolute atomic E-state index is 0. The van der Waals surface area contributed by atoms with Crippen LogP contribution in [0.3, 0.4) is 0 Å². The molecule has 0 aromatic heterocycles. The molecule has 0 atom stereocenters. The Balaban J connectivity index is 0.00000102. The molecule has 2 aliphatic rings. The second-order valence-corrected chi connectivity index (χ2v) is 16.2. The number of hydrogen-bond acceptors (Lipinski definition) is 1. The van der Waals surface area contributed by atoms with Crippen LogP contribution in [0.25, 0.3) is 11.1 Å². The molecule has 4 aromatic carbocycles. The fourth-order valence-electron chi connectivity index (χ4n) is 6.23. The SMILES string of the molecule is CN(c1ccc(/C(=C2/C(c3ccc(Cl)cc3)=[N+](C)c3ccccc32)c2ccccc2Cl)cc1)C1CCCCC1.[Cl-].[Cl][Zn][Cl]. The van der Waals surface area contributed by atoms with E-state index in [1.807, 2.05) is 24.3 Å². The van der Waals surface area contributed by atoms with Crippen LogP contribution in [-0.2, 0) is 15.1 Å². The second kappa shape index (κ2) is 15.9. The monoisotopic (exact) mass is 720 g/mol. The van der Waals surface area contributed by atoms with Crippen molar-refractivity contribution in [2.75, 3.05) is 19.0 Å². The fraction of sp³-hybridized carbons (Fsp3) is 0.229. The molecule has 0 amide bonds. The Labute approximate surface area is 287 Å². The van der Waals surface area contributed by atoms with Gasteiger partial charge in [-0.15, -0.1) is 0 Å². The van der Waals surface area contributed by atoms with E-state index in [0.29, 0.717) is 6.04 Å². The molecular weight excluding hydrogens is 691 g/mol. The van der Waals surface area contributed by atoms with Crippen LogP contribution in [0, 0.1) is 0 Å². The number of nitrogens with zero attached hydrogens (tertiary/aromatic N) is 2. The van der Waals surface area contributed by atoms with Gasteiger partial charge in [0.05, 0.1) is 11.1 Å². The summed E-state index contributed by atoms with van der Waals surface area (Å²) in [7, 11) is 14.3. The van der Waals surface area contributed by atoms with Gasteiger partial charge in [-0.1, -0.05) is 84.9 Å². The van der Waals surface area contributed by atoms with Crippen LogP contribution in [0.5, 0.6) is 0 Å². The number of benzene rings is 4. The third-order valence-corrected chi connectivity index (χ3v) is 8.89. The molecule has 1 fully saturated rings. The van der Waals surface area contributed by atoms with Crippen LogP contribution in [0.1, 0.15) is 54.4 Å². The molecule has 0 N–H and O–H groups in total. The van der Waals surface area contributed by atoms with Crippen molar-refractivity contribution in [3.05, 3.63) is 129 Å². The zero-order valence-electron chi connectivity index (χ0n) is 24.3. The number of anilines is 1. The Morgan fingerprint density at radius 3 is 2.05 bits per heavy atom. The van der Waals surface area contributed by atoms with Crippen LogP contribution in [0.4, 0.5) is 11.4 Å². The van der Waals surface area contributed by atoms with E-state index in [9.17, 15) is 0 Å². The number of allylic oxidation sites excluding steroid dienone is 1. The molecule has 220 valence electrons. The molecule has 0 bridgehead atoms. The van der Waals surface area contributed by atoms with E-state index in [1.54, 1.807) is 0 Å². The molecule has 8 heteroatoms. The van der Waals surface area contributed by atoms with E-state index in [2.05, 4.69) is 96.4 Å². The molecule has 6 rings (SSSR count). The molecule has 1 saturated carbocycles. The molecule has 4 aromatic rings. The average molecular weight is 724 g/mol. The van der Waals surface area contributed by atoms with E-state index >= 15 is 0 Å². The maximum atomic E-state index is 6.93. The zero-order valence-corrected chi connectivity index (χ0v) is 31.1. The molecule has 0 radical (unpaired) electrons. The molecule has 1 heterocycles. The Morgan fingerprint density at radius 1 is 0.791 bits per heavy atom. The number of rotatable bonds is 5. The summed E-state index contributed by atoms with van der Waals surface area (Å²) in [6, 6.07) is 34.6. The summed E-state index contributed by atoms with van der Waals surface area (Å²) in [5, 5.41) is 1.47. The number of halogens is 5. The van der Waals surface area contributed by atoms with Gasteiger partial charge in [0, 0.05) is 51.6 Å². The van der Waals surface area contributed by atoms with Gasteiger partial charge in [-0.25, -0.2) is 0 Å². The van der Waals surface area contributed by atoms with Crippen molar-refractivity contribution in [2.45, 2.75) is 38.1 Å². The molecule has 1 aliphatic heterocycles. The molecular formula is C35H33Cl5N2Zn. The predicted octanol–water partition coefficient (Wildman–Crippen LogP) is 7.88. The van der Waals surface area contributed by atoms with Crippen LogP contribution in [-0.4, -0.2) is 30.4 Å². The quantitative estimate of drug-likeness (QED) is 0.150. The molecule has 2 nitrogen and oxygen atoms in total. The zero-order chi connectivity index (χ0) is 29.6. The van der Waals surface area contributed by atoms with Gasteiger partial charge in [0.1, 0.15) is 7.05 Å². The van der Waals surface area contributed by atoms with Crippen molar-refractivity contribution in [2.24, 2.45) is 0 Å². The van der Waals surface area contributed by atoms with Crippen molar-refractivity contribution in [1.29, 1.82) is 0 Å². The summed E-state index contributed by atoms with van der Waals surface area (Å²) in [5.74, 6) is 0. The van der Waals surface area contributed by atoms with Crippen molar-refractivity contribution >= 4 is 70.8 Å². The molecule has 1 aliphatic carbocycles. The predicted molar refractivity (Wildman–Crippen MR) is 179 cm³/mol. The van der Waals surface area contributed by atoms with Gasteiger partial charge >= 0.3 is 34.5 Å². The Bertz CT molecular complexity index is 1590. The van der Waals surface area contributed by atoms with Crippen molar-refractivity contribution in [3.8, 4) is 0 Å². The summed E-state index contributed by atoms with van der Waals surface area (Å²) in [6.07, 6.45) is 6.56. The third kappa shape index (κ3) is 7.53. The number of hydrogen-bond donors (Lipinski definition) is 0. The van der Waals surface area contributed by atoms with Gasteiger partial charge in [-0.05, 0) is 66.9 Å². The van der Waals surface area contributed by atoms with Gasteiger partial charge < -0.3 is 17.3 Å². The second-order valence-electron chi connectivity index (χ2n) is 10.7. The van der Waals surface area contributed by atoms with E-state index in [0.717, 1.165) is 38.0 Å². The van der Waals surface area contributed by atoms with Crippen molar-refractivity contribution < 1.29 is 32.1 Å². The minimum atomic E-state index is -0.931. The average Bonchev–Trinajstić information content (AvgIpc) is 3.31. The summed E-state index contributed by atoms with van der Waals surface area (Å²) in [4.78, 5) is 2.47. The molecule has 0 saturated heterocycles. The third-order valence-electron chi connectivity index (χ3n) is 8.30. The van der Waals surface area contributed by atoms with E-state index < -0.39 is 15.1 Å². The topological polar surface area (TPSA) is 6.25 Å². The normalized spacial score (nSPS) is 15.5. The number of fused-ring (bicyclic) bond motifs is 1. The molecule has 0 unspecified atom stereocenters. The van der Waals surface area contributed by atoms with Crippen LogP contribution >= 0.6 is 42.6 Å². The Morgan fingerprint density at radius 2 is 1.40 bits per heavy atom. The van der Waals surface area contributed by atoms with E-state index in [-0.39, 0.29) is 12.4 Å². The maximum absolute atomic E-state index is 6.93. The standard InChI is InChI=1S/C35H33Cl2N2.3ClH.Zn/c1-38(27-10-4-3-5-11-27)28-22-18-24(19-23-28)33(29-12-6-8-14-31(29)37)34-30-13-7-9-15-32(30)39(2)35(34)25-16-20-26(36)21-17-25;;;;/h6-9,12-23,27H,3-5,10-11H2,1-2H3;3*1H;/q+1;;;;+2/p-3. The first-order chi connectivity index (χ1) is 20.4. The Hall–Kier alpha value is -1.84. The summed E-state index contributed by atoms with van der Waals surface area (Å²) < 4.78 is 2.29. The first-order valence-electron chi connectivity index (χ1n) is 14.3. The number of para-hydroxylation sites is 1. The van der Waals surface area contributed by atoms with Gasteiger partial charge in [0.2, 0.25) is 11.4 Å². The van der Waals surface area contributed by atoms with Gasteiger partial charge in [-0.2, -0.15) is 4.58 Å². The Kier molecular flexibility index (Phi) is 12.6. The van der Waals surface area contributed by atoms with Gasteiger partial charge in [-0.3, -0.25) is 0 Å². The van der Waals surface area contributed by atoms with Crippen molar-refractivity contribution in [3.63, 3.8) is 0 Å². The first kappa shape index (κ1) is 34.0. The van der Waals surface area contributed by atoms with Gasteiger partial charge in [0.15, 0.2) is 0 Å². The summed E-state index contributed by atoms with van der Waals surface area (Å²) in [5.41, 5.74) is 10.4.